The first kappa shape index (κ1) is 15.1. The number of carboxylic acids is 1. The Morgan fingerprint density at radius 3 is 2.47 bits per heavy atom. The van der Waals surface area contributed by atoms with Crippen molar-refractivity contribution in [3.63, 3.8) is 0 Å². The summed E-state index contributed by atoms with van der Waals surface area (Å²) < 4.78 is 0. The lowest BCUT2D eigenvalue weighted by atomic mass is 10.2. The van der Waals surface area contributed by atoms with Gasteiger partial charge in [0.05, 0.1) is 5.56 Å². The van der Waals surface area contributed by atoms with Gasteiger partial charge in [-0.15, -0.1) is 0 Å². The number of carbonyl (C=O) groups is 2. The Morgan fingerprint density at radius 1 is 1.37 bits per heavy atom. The van der Waals surface area contributed by atoms with Crippen LogP contribution in [0.25, 0.3) is 0 Å². The number of nitrogens with zero attached hydrogens (tertiary/aromatic N) is 2. The number of pyridine rings is 1. The van der Waals surface area contributed by atoms with Crippen LogP contribution < -0.4 is 0 Å². The molecule has 1 rings (SSSR count). The number of aromatic carboxylic acids is 1. The number of aromatic nitrogens is 1. The predicted molar refractivity (Wildman–Crippen MR) is 69.1 cm³/mol. The van der Waals surface area contributed by atoms with Gasteiger partial charge in [0.2, 0.25) is 0 Å². The minimum absolute atomic E-state index is 0.0139. The average Bonchev–Trinajstić information content (AvgIpc) is 2.38. The van der Waals surface area contributed by atoms with Crippen molar-refractivity contribution < 1.29 is 19.8 Å². The van der Waals surface area contributed by atoms with Gasteiger partial charge in [0.15, 0.2) is 0 Å². The third-order valence-electron chi connectivity index (χ3n) is 2.67. The van der Waals surface area contributed by atoms with Crippen LogP contribution in [-0.2, 0) is 0 Å². The Hall–Kier alpha value is -1.95. The first-order valence-corrected chi connectivity index (χ1v) is 6.08. The number of aliphatic hydroxyl groups excluding tert-OH is 1. The van der Waals surface area contributed by atoms with E-state index in [1.807, 2.05) is 13.8 Å². The molecule has 104 valence electrons. The van der Waals surface area contributed by atoms with Crippen LogP contribution in [0.15, 0.2) is 18.3 Å². The van der Waals surface area contributed by atoms with Crippen LogP contribution in [-0.4, -0.2) is 51.2 Å². The molecule has 0 radical (unpaired) electrons. The van der Waals surface area contributed by atoms with Gasteiger partial charge in [-0.25, -0.2) is 4.79 Å². The summed E-state index contributed by atoms with van der Waals surface area (Å²) in [5.41, 5.74) is 0.250. The number of aliphatic hydroxyl groups is 1. The highest BCUT2D eigenvalue weighted by Crippen LogP contribution is 2.08. The van der Waals surface area contributed by atoms with Gasteiger partial charge >= 0.3 is 5.97 Å². The summed E-state index contributed by atoms with van der Waals surface area (Å²) >= 11 is 0. The molecule has 2 N–H and O–H groups in total. The van der Waals surface area contributed by atoms with Crippen LogP contribution in [0.3, 0.4) is 0 Å². The third kappa shape index (κ3) is 4.03. The highest BCUT2D eigenvalue weighted by Gasteiger charge is 2.19. The molecule has 1 amide bonds. The number of rotatable bonds is 6. The molecular weight excluding hydrogens is 248 g/mol. The molecule has 0 bridgehead atoms. The molecule has 0 saturated carbocycles. The first-order valence-electron chi connectivity index (χ1n) is 6.08. The van der Waals surface area contributed by atoms with Crippen molar-refractivity contribution in [2.45, 2.75) is 26.3 Å². The minimum atomic E-state index is -1.08. The minimum Gasteiger partial charge on any atom is -0.478 e. The van der Waals surface area contributed by atoms with Crippen molar-refractivity contribution in [2.75, 3.05) is 13.2 Å². The molecular formula is C13H18N2O4. The Bertz CT molecular complexity index is 442. The molecule has 1 aromatic rings. The number of hydrogen-bond acceptors (Lipinski definition) is 4. The zero-order valence-corrected chi connectivity index (χ0v) is 11.0. The molecule has 0 fully saturated rings. The van der Waals surface area contributed by atoms with Crippen molar-refractivity contribution in [1.29, 1.82) is 0 Å². The summed E-state index contributed by atoms with van der Waals surface area (Å²) in [7, 11) is 0. The molecule has 6 nitrogen and oxygen atoms in total. The van der Waals surface area contributed by atoms with Gasteiger partial charge in [-0.05, 0) is 32.4 Å². The fourth-order valence-electron chi connectivity index (χ4n) is 1.63. The van der Waals surface area contributed by atoms with E-state index in [2.05, 4.69) is 4.98 Å². The summed E-state index contributed by atoms with van der Waals surface area (Å²) in [4.78, 5) is 28.4. The molecule has 0 spiro atoms. The second kappa shape index (κ2) is 6.84. The van der Waals surface area contributed by atoms with E-state index >= 15 is 0 Å². The Labute approximate surface area is 111 Å². The van der Waals surface area contributed by atoms with Crippen molar-refractivity contribution >= 4 is 11.9 Å². The van der Waals surface area contributed by atoms with Crippen LogP contribution in [0.4, 0.5) is 0 Å². The van der Waals surface area contributed by atoms with Gasteiger partial charge in [-0.1, -0.05) is 0 Å². The lowest BCUT2D eigenvalue weighted by Gasteiger charge is -2.26. The predicted octanol–water partition coefficient (Wildman–Crippen LogP) is 1.01. The molecule has 6 heteroatoms. The molecule has 1 aromatic heterocycles. The van der Waals surface area contributed by atoms with E-state index < -0.39 is 5.97 Å². The molecule has 0 saturated heterocycles. The fraction of sp³-hybridized carbons (Fsp3) is 0.462. The van der Waals surface area contributed by atoms with E-state index in [1.165, 1.54) is 18.3 Å². The molecule has 0 aliphatic carbocycles. The maximum Gasteiger partial charge on any atom is 0.337 e. The van der Waals surface area contributed by atoms with Gasteiger partial charge < -0.3 is 15.1 Å². The summed E-state index contributed by atoms with van der Waals surface area (Å²) in [5.74, 6) is -1.34. The number of hydrogen-bond donors (Lipinski definition) is 2. The summed E-state index contributed by atoms with van der Waals surface area (Å²) in [6, 6.07) is 2.74. The van der Waals surface area contributed by atoms with E-state index in [-0.39, 0.29) is 29.8 Å². The first-order chi connectivity index (χ1) is 8.97. The highest BCUT2D eigenvalue weighted by molar-refractivity contribution is 5.93. The second-order valence-corrected chi connectivity index (χ2v) is 4.41. The third-order valence-corrected chi connectivity index (χ3v) is 2.67. The van der Waals surface area contributed by atoms with Gasteiger partial charge in [0, 0.05) is 25.4 Å². The van der Waals surface area contributed by atoms with Crippen molar-refractivity contribution in [1.82, 2.24) is 9.88 Å². The van der Waals surface area contributed by atoms with E-state index in [9.17, 15) is 9.59 Å². The van der Waals surface area contributed by atoms with Crippen LogP contribution in [0, 0.1) is 0 Å². The van der Waals surface area contributed by atoms with Crippen molar-refractivity contribution in [3.05, 3.63) is 29.6 Å². The zero-order chi connectivity index (χ0) is 14.4. The quantitative estimate of drug-likeness (QED) is 0.802. The largest absolute Gasteiger partial charge is 0.478 e. The standard InChI is InChI=1S/C13H18N2O4/c1-9(2)15(6-3-7-16)12(17)11-5-4-10(8-14-11)13(18)19/h4-5,8-9,16H,3,6-7H2,1-2H3,(H,18,19). The van der Waals surface area contributed by atoms with E-state index in [1.54, 1.807) is 4.90 Å². The molecule has 0 unspecified atom stereocenters. The molecule has 19 heavy (non-hydrogen) atoms. The molecule has 0 aliphatic heterocycles. The molecule has 0 aliphatic rings. The monoisotopic (exact) mass is 266 g/mol. The van der Waals surface area contributed by atoms with Crippen LogP contribution >= 0.6 is 0 Å². The maximum absolute atomic E-state index is 12.2. The lowest BCUT2D eigenvalue weighted by molar-refractivity contribution is 0.0675. The van der Waals surface area contributed by atoms with E-state index in [0.717, 1.165) is 0 Å². The van der Waals surface area contributed by atoms with Gasteiger partial charge in [0.1, 0.15) is 5.69 Å². The van der Waals surface area contributed by atoms with Crippen LogP contribution in [0.5, 0.6) is 0 Å². The molecule has 0 atom stereocenters. The van der Waals surface area contributed by atoms with Crippen molar-refractivity contribution in [3.8, 4) is 0 Å². The summed E-state index contributed by atoms with van der Waals surface area (Å²) in [5, 5.41) is 17.6. The van der Waals surface area contributed by atoms with E-state index in [4.69, 9.17) is 10.2 Å². The fourth-order valence-corrected chi connectivity index (χ4v) is 1.63. The normalized spacial score (nSPS) is 10.5. The smallest absolute Gasteiger partial charge is 0.337 e. The summed E-state index contributed by atoms with van der Waals surface area (Å²) in [6.45, 7) is 4.21. The Morgan fingerprint density at radius 2 is 2.05 bits per heavy atom. The average molecular weight is 266 g/mol. The summed E-state index contributed by atoms with van der Waals surface area (Å²) in [6.07, 6.45) is 1.66. The number of carboxylic acid groups (broad SMARTS) is 1. The van der Waals surface area contributed by atoms with Gasteiger partial charge in [0.25, 0.3) is 5.91 Å². The maximum atomic E-state index is 12.2. The molecule has 0 aromatic carbocycles. The Balaban J connectivity index is 2.87. The SMILES string of the molecule is CC(C)N(CCCO)C(=O)c1ccc(C(=O)O)cn1. The van der Waals surface area contributed by atoms with Gasteiger partial charge in [-0.2, -0.15) is 0 Å². The Kier molecular flexibility index (Phi) is 5.44. The van der Waals surface area contributed by atoms with E-state index in [0.29, 0.717) is 13.0 Å². The van der Waals surface area contributed by atoms with Crippen LogP contribution in [0.2, 0.25) is 0 Å². The zero-order valence-electron chi connectivity index (χ0n) is 11.0. The van der Waals surface area contributed by atoms with Gasteiger partial charge in [-0.3, -0.25) is 9.78 Å². The molecule has 1 heterocycles. The highest BCUT2D eigenvalue weighted by atomic mass is 16.4. The lowest BCUT2D eigenvalue weighted by Crippen LogP contribution is -2.38. The topological polar surface area (TPSA) is 90.7 Å². The second-order valence-electron chi connectivity index (χ2n) is 4.41. The van der Waals surface area contributed by atoms with Crippen molar-refractivity contribution in [2.24, 2.45) is 0 Å². The number of carbonyl (C=O) groups excluding carboxylic acids is 1. The van der Waals surface area contributed by atoms with Crippen LogP contribution in [0.1, 0.15) is 41.1 Å². The number of amides is 1.